The van der Waals surface area contributed by atoms with Crippen molar-refractivity contribution in [3.8, 4) is 0 Å². The lowest BCUT2D eigenvalue weighted by Gasteiger charge is -2.30. The van der Waals surface area contributed by atoms with Crippen LogP contribution in [0.4, 0.5) is 18.9 Å². The van der Waals surface area contributed by atoms with E-state index in [1.165, 1.54) is 22.5 Å². The number of nitrogens with one attached hydrogen (secondary N) is 1. The molecule has 0 atom stereocenters. The number of sulfonamides is 1. The van der Waals surface area contributed by atoms with Crippen LogP contribution in [0.3, 0.4) is 0 Å². The predicted molar refractivity (Wildman–Crippen MR) is 114 cm³/mol. The maximum absolute atomic E-state index is 13.1. The molecule has 178 valence electrons. The molecule has 1 fully saturated rings. The molecule has 0 unspecified atom stereocenters. The maximum Gasteiger partial charge on any atom is 0.418 e. The predicted octanol–water partition coefficient (Wildman–Crippen LogP) is 3.94. The van der Waals surface area contributed by atoms with Gasteiger partial charge in [-0.2, -0.15) is 17.5 Å². The molecule has 33 heavy (non-hydrogen) atoms. The van der Waals surface area contributed by atoms with Crippen LogP contribution in [-0.2, 0) is 30.5 Å². The molecule has 2 aromatic carbocycles. The highest BCUT2D eigenvalue weighted by atomic mass is 35.5. The second kappa shape index (κ2) is 10.1. The van der Waals surface area contributed by atoms with Crippen molar-refractivity contribution in [3.05, 3.63) is 59.1 Å². The molecule has 1 N–H and O–H groups in total. The number of hydrogen-bond donors (Lipinski definition) is 1. The largest absolute Gasteiger partial charge is 0.455 e. The lowest BCUT2D eigenvalue weighted by molar-refractivity contribution is -0.152. The van der Waals surface area contributed by atoms with Gasteiger partial charge < -0.3 is 10.1 Å². The molecule has 2 aromatic rings. The van der Waals surface area contributed by atoms with Crippen molar-refractivity contribution in [1.29, 1.82) is 0 Å². The van der Waals surface area contributed by atoms with Gasteiger partial charge in [0.2, 0.25) is 10.0 Å². The van der Waals surface area contributed by atoms with E-state index in [0.717, 1.165) is 12.1 Å². The number of piperidine rings is 1. The Bertz CT molecular complexity index is 1120. The number of amides is 1. The molecule has 1 amide bonds. The standard InChI is InChI=1S/C21H20ClF3N2O5S/c22-17-8-4-7-16(21(23,24)25)19(17)26-18(28)13-32-20(29)14-9-11-27(12-10-14)33(30,31)15-5-2-1-3-6-15/h1-8,14H,9-13H2,(H,26,28). The summed E-state index contributed by atoms with van der Waals surface area (Å²) in [6, 6.07) is 11.0. The van der Waals surface area contributed by atoms with Gasteiger partial charge in [0.15, 0.2) is 6.61 Å². The van der Waals surface area contributed by atoms with Crippen LogP contribution in [0.5, 0.6) is 0 Å². The number of alkyl halides is 3. The number of benzene rings is 2. The highest BCUT2D eigenvalue weighted by Crippen LogP contribution is 2.38. The number of rotatable bonds is 6. The molecule has 12 heteroatoms. The van der Waals surface area contributed by atoms with Crippen LogP contribution >= 0.6 is 11.6 Å². The number of carbonyl (C=O) groups is 2. The number of carbonyl (C=O) groups excluding carboxylic acids is 2. The zero-order chi connectivity index (χ0) is 24.2. The summed E-state index contributed by atoms with van der Waals surface area (Å²) < 4.78 is 70.9. The van der Waals surface area contributed by atoms with E-state index in [9.17, 15) is 31.2 Å². The van der Waals surface area contributed by atoms with Gasteiger partial charge in [-0.1, -0.05) is 35.9 Å². The highest BCUT2D eigenvalue weighted by molar-refractivity contribution is 7.89. The number of para-hydroxylation sites is 1. The van der Waals surface area contributed by atoms with Crippen molar-refractivity contribution in [2.75, 3.05) is 25.0 Å². The van der Waals surface area contributed by atoms with Gasteiger partial charge in [0.1, 0.15) is 0 Å². The van der Waals surface area contributed by atoms with E-state index in [2.05, 4.69) is 0 Å². The molecule has 0 radical (unpaired) electrons. The normalized spacial score (nSPS) is 15.8. The smallest absolute Gasteiger partial charge is 0.418 e. The summed E-state index contributed by atoms with van der Waals surface area (Å²) in [5.41, 5.74) is -1.74. The first-order chi connectivity index (χ1) is 15.5. The quantitative estimate of drug-likeness (QED) is 0.601. The third-order valence-electron chi connectivity index (χ3n) is 5.10. The lowest BCUT2D eigenvalue weighted by atomic mass is 9.98. The first-order valence-electron chi connectivity index (χ1n) is 9.87. The van der Waals surface area contributed by atoms with Gasteiger partial charge in [0.25, 0.3) is 5.91 Å². The Kier molecular flexibility index (Phi) is 7.65. The molecule has 0 bridgehead atoms. The third kappa shape index (κ3) is 6.04. The molecule has 1 heterocycles. The van der Waals surface area contributed by atoms with Crippen LogP contribution in [-0.4, -0.2) is 44.3 Å². The monoisotopic (exact) mass is 504 g/mol. The number of anilines is 1. The number of ether oxygens (including phenoxy) is 1. The summed E-state index contributed by atoms with van der Waals surface area (Å²) in [6.07, 6.45) is -4.36. The van der Waals surface area contributed by atoms with Gasteiger partial charge in [0.05, 0.1) is 27.1 Å². The highest BCUT2D eigenvalue weighted by Gasteiger charge is 2.35. The number of hydrogen-bond acceptors (Lipinski definition) is 5. The van der Waals surface area contributed by atoms with Gasteiger partial charge in [-0.15, -0.1) is 0 Å². The maximum atomic E-state index is 13.1. The van der Waals surface area contributed by atoms with Gasteiger partial charge in [-0.25, -0.2) is 8.42 Å². The zero-order valence-corrected chi connectivity index (χ0v) is 18.7. The molecule has 0 saturated carbocycles. The molecule has 1 aliphatic rings. The van der Waals surface area contributed by atoms with E-state index in [1.54, 1.807) is 18.2 Å². The minimum atomic E-state index is -4.74. The van der Waals surface area contributed by atoms with Gasteiger partial charge in [-0.3, -0.25) is 9.59 Å². The molecule has 1 saturated heterocycles. The van der Waals surface area contributed by atoms with Crippen LogP contribution < -0.4 is 5.32 Å². The van der Waals surface area contributed by atoms with Crippen LogP contribution in [0.15, 0.2) is 53.4 Å². The summed E-state index contributed by atoms with van der Waals surface area (Å²) in [7, 11) is -3.68. The Labute approximate surface area is 193 Å². The van der Waals surface area contributed by atoms with Crippen LogP contribution in [0, 0.1) is 5.92 Å². The van der Waals surface area contributed by atoms with Crippen molar-refractivity contribution < 1.29 is 35.9 Å². The van der Waals surface area contributed by atoms with Gasteiger partial charge in [0, 0.05) is 13.1 Å². The van der Waals surface area contributed by atoms with E-state index < -0.39 is 51.9 Å². The Morgan fingerprint density at radius 3 is 2.30 bits per heavy atom. The summed E-state index contributed by atoms with van der Waals surface area (Å²) >= 11 is 5.78. The fraction of sp³-hybridized carbons (Fsp3) is 0.333. The fourth-order valence-corrected chi connectivity index (χ4v) is 5.10. The fourth-order valence-electron chi connectivity index (χ4n) is 3.39. The zero-order valence-electron chi connectivity index (χ0n) is 17.1. The van der Waals surface area contributed by atoms with E-state index in [1.807, 2.05) is 5.32 Å². The second-order valence-electron chi connectivity index (χ2n) is 7.31. The van der Waals surface area contributed by atoms with Crippen LogP contribution in [0.2, 0.25) is 5.02 Å². The van der Waals surface area contributed by atoms with E-state index in [-0.39, 0.29) is 35.8 Å². The minimum Gasteiger partial charge on any atom is -0.455 e. The molecule has 0 aromatic heterocycles. The first-order valence-corrected chi connectivity index (χ1v) is 11.7. The average molecular weight is 505 g/mol. The minimum absolute atomic E-state index is 0.0950. The number of esters is 1. The summed E-state index contributed by atoms with van der Waals surface area (Å²) in [6.45, 7) is -0.612. The molecule has 0 spiro atoms. The molecule has 0 aliphatic carbocycles. The van der Waals surface area contributed by atoms with E-state index in [0.29, 0.717) is 0 Å². The molecule has 1 aliphatic heterocycles. The number of nitrogens with zero attached hydrogens (tertiary/aromatic N) is 1. The molecule has 3 rings (SSSR count). The van der Waals surface area contributed by atoms with Crippen molar-refractivity contribution in [2.24, 2.45) is 5.92 Å². The Balaban J connectivity index is 1.53. The summed E-state index contributed by atoms with van der Waals surface area (Å²) in [4.78, 5) is 24.5. The second-order valence-corrected chi connectivity index (χ2v) is 9.65. The Morgan fingerprint density at radius 2 is 1.70 bits per heavy atom. The van der Waals surface area contributed by atoms with Crippen molar-refractivity contribution in [3.63, 3.8) is 0 Å². The topological polar surface area (TPSA) is 92.8 Å². The Morgan fingerprint density at radius 1 is 1.06 bits per heavy atom. The van der Waals surface area contributed by atoms with Crippen molar-refractivity contribution >= 4 is 39.2 Å². The van der Waals surface area contributed by atoms with Crippen molar-refractivity contribution in [1.82, 2.24) is 4.31 Å². The van der Waals surface area contributed by atoms with Gasteiger partial charge >= 0.3 is 12.1 Å². The summed E-state index contributed by atoms with van der Waals surface area (Å²) in [5, 5.41) is 1.72. The molecule has 7 nitrogen and oxygen atoms in total. The first kappa shape index (κ1) is 25.0. The van der Waals surface area contributed by atoms with Crippen LogP contribution in [0.25, 0.3) is 0 Å². The SMILES string of the molecule is O=C(COC(=O)C1CCN(S(=O)(=O)c2ccccc2)CC1)Nc1c(Cl)cccc1C(F)(F)F. The number of halogens is 4. The van der Waals surface area contributed by atoms with E-state index >= 15 is 0 Å². The third-order valence-corrected chi connectivity index (χ3v) is 7.33. The van der Waals surface area contributed by atoms with E-state index in [4.69, 9.17) is 16.3 Å². The van der Waals surface area contributed by atoms with Gasteiger partial charge in [-0.05, 0) is 37.1 Å². The lowest BCUT2D eigenvalue weighted by Crippen LogP contribution is -2.40. The van der Waals surface area contributed by atoms with Crippen LogP contribution in [0.1, 0.15) is 18.4 Å². The Hall–Kier alpha value is -2.63. The summed E-state index contributed by atoms with van der Waals surface area (Å²) in [5.74, 6) is -2.34. The average Bonchev–Trinajstić information content (AvgIpc) is 2.78. The molecular formula is C21H20ClF3N2O5S. The molecular weight excluding hydrogens is 485 g/mol. The van der Waals surface area contributed by atoms with Crippen molar-refractivity contribution in [2.45, 2.75) is 23.9 Å².